The first-order valence-electron chi connectivity index (χ1n) is 6.42. The topological polar surface area (TPSA) is 30.2 Å². The van der Waals surface area contributed by atoms with Crippen molar-refractivity contribution in [3.05, 3.63) is 64.3 Å². The number of allylic oxidation sites excluding steroid dienone is 1. The molecule has 0 bridgehead atoms. The van der Waals surface area contributed by atoms with E-state index in [9.17, 15) is 4.79 Å². The Bertz CT molecular complexity index is 825. The van der Waals surface area contributed by atoms with Crippen molar-refractivity contribution in [2.24, 2.45) is 0 Å². The van der Waals surface area contributed by atoms with Gasteiger partial charge in [0.2, 0.25) is 5.43 Å². The van der Waals surface area contributed by atoms with Crippen LogP contribution >= 0.6 is 0 Å². The van der Waals surface area contributed by atoms with Crippen LogP contribution in [0.5, 0.6) is 0 Å². The molecule has 0 fully saturated rings. The Morgan fingerprint density at radius 2 is 1.84 bits per heavy atom. The number of para-hydroxylation sites is 1. The van der Waals surface area contributed by atoms with Gasteiger partial charge < -0.3 is 4.42 Å². The summed E-state index contributed by atoms with van der Waals surface area (Å²) in [5, 5.41) is 1.26. The van der Waals surface area contributed by atoms with E-state index in [0.29, 0.717) is 21.9 Å². The second-order valence-electron chi connectivity index (χ2n) is 4.49. The van der Waals surface area contributed by atoms with Gasteiger partial charge in [0.05, 0.1) is 10.8 Å². The van der Waals surface area contributed by atoms with Gasteiger partial charge in [0.25, 0.3) is 0 Å². The molecular weight excluding hydrogens is 236 g/mol. The van der Waals surface area contributed by atoms with Crippen molar-refractivity contribution in [1.29, 1.82) is 0 Å². The van der Waals surface area contributed by atoms with Gasteiger partial charge in [-0.1, -0.05) is 37.3 Å². The summed E-state index contributed by atoms with van der Waals surface area (Å²) >= 11 is 0. The minimum atomic E-state index is 0.0304. The van der Waals surface area contributed by atoms with Gasteiger partial charge in [0.1, 0.15) is 11.2 Å². The molecule has 19 heavy (non-hydrogen) atoms. The third kappa shape index (κ3) is 2.06. The number of hydrogen-bond donors (Lipinski definition) is 0. The van der Waals surface area contributed by atoms with E-state index in [1.165, 1.54) is 0 Å². The van der Waals surface area contributed by atoms with E-state index >= 15 is 0 Å². The Kier molecular flexibility index (Phi) is 2.92. The molecular formula is C17H14O2. The molecule has 3 aromatic rings. The molecule has 0 saturated heterocycles. The number of hydrogen-bond acceptors (Lipinski definition) is 2. The summed E-state index contributed by atoms with van der Waals surface area (Å²) in [7, 11) is 0. The second-order valence-corrected chi connectivity index (χ2v) is 4.49. The normalized spacial score (nSPS) is 11.6. The summed E-state index contributed by atoms with van der Waals surface area (Å²) in [6.45, 7) is 2.09. The van der Waals surface area contributed by atoms with Crippen LogP contribution in [0.15, 0.2) is 57.8 Å². The van der Waals surface area contributed by atoms with Crippen LogP contribution < -0.4 is 5.43 Å². The molecule has 0 aliphatic rings. The maximum Gasteiger partial charge on any atom is 0.200 e. The summed E-state index contributed by atoms with van der Waals surface area (Å²) in [4.78, 5) is 12.3. The van der Waals surface area contributed by atoms with Gasteiger partial charge in [-0.25, -0.2) is 0 Å². The van der Waals surface area contributed by atoms with E-state index < -0.39 is 0 Å². The van der Waals surface area contributed by atoms with Gasteiger partial charge in [0.15, 0.2) is 0 Å². The number of benzene rings is 2. The van der Waals surface area contributed by atoms with Crippen molar-refractivity contribution in [2.45, 2.75) is 13.3 Å². The molecule has 1 aromatic heterocycles. The largest absolute Gasteiger partial charge is 0.456 e. The van der Waals surface area contributed by atoms with Crippen molar-refractivity contribution in [2.75, 3.05) is 0 Å². The predicted octanol–water partition coefficient (Wildman–Crippen LogP) is 4.37. The fraction of sp³-hybridized carbons (Fsp3) is 0.118. The van der Waals surface area contributed by atoms with Crippen LogP contribution in [0.25, 0.3) is 28.0 Å². The average Bonchev–Trinajstić information content (AvgIpc) is 2.45. The van der Waals surface area contributed by atoms with Crippen molar-refractivity contribution in [1.82, 2.24) is 0 Å². The first-order chi connectivity index (χ1) is 9.29. The van der Waals surface area contributed by atoms with E-state index in [2.05, 4.69) is 13.0 Å². The molecule has 2 aromatic carbocycles. The molecule has 3 rings (SSSR count). The zero-order chi connectivity index (χ0) is 13.2. The van der Waals surface area contributed by atoms with Crippen LogP contribution in [-0.2, 0) is 0 Å². The fourth-order valence-electron chi connectivity index (χ4n) is 2.18. The zero-order valence-corrected chi connectivity index (χ0v) is 10.7. The maximum atomic E-state index is 12.3. The number of rotatable bonds is 2. The summed E-state index contributed by atoms with van der Waals surface area (Å²) in [6.07, 6.45) is 5.11. The van der Waals surface area contributed by atoms with E-state index in [0.717, 1.165) is 12.0 Å². The van der Waals surface area contributed by atoms with E-state index in [1.807, 2.05) is 42.5 Å². The maximum absolute atomic E-state index is 12.3. The second kappa shape index (κ2) is 4.73. The Hall–Kier alpha value is -2.35. The first-order valence-corrected chi connectivity index (χ1v) is 6.42. The molecule has 0 amide bonds. The Morgan fingerprint density at radius 1 is 1.05 bits per heavy atom. The van der Waals surface area contributed by atoms with Gasteiger partial charge in [-0.05, 0) is 36.2 Å². The SMILES string of the molecule is CCC=Cc1ccc2c(=O)c3ccccc3oc2c1. The quantitative estimate of drug-likeness (QED) is 0.632. The lowest BCUT2D eigenvalue weighted by molar-refractivity contribution is 0.660. The lowest BCUT2D eigenvalue weighted by Gasteiger charge is -2.02. The zero-order valence-electron chi connectivity index (χ0n) is 10.7. The Morgan fingerprint density at radius 3 is 2.68 bits per heavy atom. The smallest absolute Gasteiger partial charge is 0.200 e. The van der Waals surface area contributed by atoms with Crippen molar-refractivity contribution in [3.8, 4) is 0 Å². The van der Waals surface area contributed by atoms with Gasteiger partial charge in [0, 0.05) is 0 Å². The lowest BCUT2D eigenvalue weighted by atomic mass is 10.1. The summed E-state index contributed by atoms with van der Waals surface area (Å²) in [6, 6.07) is 13.0. The minimum Gasteiger partial charge on any atom is -0.456 e. The molecule has 2 nitrogen and oxygen atoms in total. The summed E-state index contributed by atoms with van der Waals surface area (Å²) < 4.78 is 5.81. The lowest BCUT2D eigenvalue weighted by Crippen LogP contribution is -2.01. The first kappa shape index (κ1) is 11.7. The summed E-state index contributed by atoms with van der Waals surface area (Å²) in [5.74, 6) is 0. The molecule has 1 heterocycles. The van der Waals surface area contributed by atoms with Crippen LogP contribution in [0.3, 0.4) is 0 Å². The molecule has 0 aliphatic carbocycles. The highest BCUT2D eigenvalue weighted by molar-refractivity contribution is 5.90. The van der Waals surface area contributed by atoms with Crippen LogP contribution in [0.4, 0.5) is 0 Å². The monoisotopic (exact) mass is 250 g/mol. The summed E-state index contributed by atoms with van der Waals surface area (Å²) in [5.41, 5.74) is 2.36. The van der Waals surface area contributed by atoms with E-state index in [4.69, 9.17) is 4.42 Å². The molecule has 2 heteroatoms. The van der Waals surface area contributed by atoms with Gasteiger partial charge >= 0.3 is 0 Å². The molecule has 0 saturated carbocycles. The van der Waals surface area contributed by atoms with Crippen molar-refractivity contribution in [3.63, 3.8) is 0 Å². The molecule has 94 valence electrons. The van der Waals surface area contributed by atoms with Crippen LogP contribution in [0, 0.1) is 0 Å². The third-order valence-electron chi connectivity index (χ3n) is 3.15. The number of fused-ring (bicyclic) bond motifs is 2. The standard InChI is InChI=1S/C17H14O2/c1-2-3-6-12-9-10-14-16(11-12)19-15-8-5-4-7-13(15)17(14)18/h3-11H,2H2,1H3. The third-order valence-corrected chi connectivity index (χ3v) is 3.15. The minimum absolute atomic E-state index is 0.0304. The highest BCUT2D eigenvalue weighted by Gasteiger charge is 2.06. The molecule has 0 unspecified atom stereocenters. The fourth-order valence-corrected chi connectivity index (χ4v) is 2.18. The highest BCUT2D eigenvalue weighted by Crippen LogP contribution is 2.20. The Labute approximate surface area is 111 Å². The molecule has 0 atom stereocenters. The molecule has 0 N–H and O–H groups in total. The molecule has 0 spiro atoms. The van der Waals surface area contributed by atoms with Crippen LogP contribution in [0.1, 0.15) is 18.9 Å². The predicted molar refractivity (Wildman–Crippen MR) is 79.3 cm³/mol. The van der Waals surface area contributed by atoms with Crippen LogP contribution in [-0.4, -0.2) is 0 Å². The molecule has 0 aliphatic heterocycles. The highest BCUT2D eigenvalue weighted by atomic mass is 16.3. The van der Waals surface area contributed by atoms with Crippen molar-refractivity contribution >= 4 is 28.0 Å². The van der Waals surface area contributed by atoms with E-state index in [-0.39, 0.29) is 5.43 Å². The Balaban J connectivity index is 2.32. The molecule has 0 radical (unpaired) electrons. The average molecular weight is 250 g/mol. The van der Waals surface area contributed by atoms with Crippen LogP contribution in [0.2, 0.25) is 0 Å². The van der Waals surface area contributed by atoms with Gasteiger partial charge in [-0.15, -0.1) is 0 Å². The van der Waals surface area contributed by atoms with Gasteiger partial charge in [-0.3, -0.25) is 4.79 Å². The van der Waals surface area contributed by atoms with E-state index in [1.54, 1.807) is 6.07 Å². The van der Waals surface area contributed by atoms with Gasteiger partial charge in [-0.2, -0.15) is 0 Å². The van der Waals surface area contributed by atoms with Crippen molar-refractivity contribution < 1.29 is 4.42 Å².